The van der Waals surface area contributed by atoms with E-state index in [4.69, 9.17) is 9.47 Å². The zero-order valence-electron chi connectivity index (χ0n) is 13.0. The molecule has 0 spiro atoms. The standard InChI is InChI=1S/C15H23NO4S/c1-10-8-14(11(2)12(3)15(10)19-4)21(17,18)16-9-13-6-5-7-20-13/h8,13,16H,5-7,9H2,1-4H3/t13-/m0/s1. The highest BCUT2D eigenvalue weighted by atomic mass is 32.2. The van der Waals surface area contributed by atoms with Gasteiger partial charge >= 0.3 is 0 Å². The molecule has 0 amide bonds. The van der Waals surface area contributed by atoms with Gasteiger partial charge in [0.05, 0.1) is 18.1 Å². The number of hydrogen-bond acceptors (Lipinski definition) is 4. The van der Waals surface area contributed by atoms with Crippen LogP contribution < -0.4 is 9.46 Å². The van der Waals surface area contributed by atoms with E-state index in [0.29, 0.717) is 18.0 Å². The van der Waals surface area contributed by atoms with Gasteiger partial charge in [-0.1, -0.05) is 0 Å². The Labute approximate surface area is 126 Å². The number of methoxy groups -OCH3 is 1. The zero-order valence-corrected chi connectivity index (χ0v) is 13.8. The fraction of sp³-hybridized carbons (Fsp3) is 0.600. The summed E-state index contributed by atoms with van der Waals surface area (Å²) in [4.78, 5) is 0.316. The molecule has 1 fully saturated rings. The van der Waals surface area contributed by atoms with Gasteiger partial charge in [0.1, 0.15) is 5.75 Å². The van der Waals surface area contributed by atoms with Crippen molar-refractivity contribution >= 4 is 10.0 Å². The predicted octanol–water partition coefficient (Wildman–Crippen LogP) is 2.08. The minimum absolute atomic E-state index is 0.0134. The lowest BCUT2D eigenvalue weighted by atomic mass is 10.1. The van der Waals surface area contributed by atoms with Crippen LogP contribution in [0, 0.1) is 20.8 Å². The van der Waals surface area contributed by atoms with Gasteiger partial charge < -0.3 is 9.47 Å². The lowest BCUT2D eigenvalue weighted by Crippen LogP contribution is -2.32. The molecule has 1 atom stereocenters. The van der Waals surface area contributed by atoms with Crippen molar-refractivity contribution in [3.8, 4) is 5.75 Å². The molecule has 6 heteroatoms. The molecule has 1 heterocycles. The minimum atomic E-state index is -3.53. The monoisotopic (exact) mass is 313 g/mol. The molecule has 1 aliphatic heterocycles. The van der Waals surface area contributed by atoms with E-state index in [2.05, 4.69) is 4.72 Å². The summed E-state index contributed by atoms with van der Waals surface area (Å²) in [5.74, 6) is 0.741. The first-order chi connectivity index (χ1) is 9.86. The van der Waals surface area contributed by atoms with Gasteiger partial charge in [-0.3, -0.25) is 0 Å². The molecule has 0 bridgehead atoms. The lowest BCUT2D eigenvalue weighted by Gasteiger charge is -2.17. The highest BCUT2D eigenvalue weighted by Gasteiger charge is 2.23. The molecule has 0 radical (unpaired) electrons. The molecule has 21 heavy (non-hydrogen) atoms. The Morgan fingerprint density at radius 3 is 2.62 bits per heavy atom. The molecular weight excluding hydrogens is 290 g/mol. The van der Waals surface area contributed by atoms with Gasteiger partial charge in [0.15, 0.2) is 0 Å². The van der Waals surface area contributed by atoms with Gasteiger partial charge in [-0.15, -0.1) is 0 Å². The molecule has 0 saturated carbocycles. The van der Waals surface area contributed by atoms with Crippen molar-refractivity contribution in [2.45, 2.75) is 44.6 Å². The number of ether oxygens (including phenoxy) is 2. The van der Waals surface area contributed by atoms with E-state index >= 15 is 0 Å². The summed E-state index contributed by atoms with van der Waals surface area (Å²) in [5, 5.41) is 0. The van der Waals surface area contributed by atoms with E-state index < -0.39 is 10.0 Å². The number of hydrogen-bond donors (Lipinski definition) is 1. The molecule has 1 aliphatic rings. The van der Waals surface area contributed by atoms with Crippen molar-refractivity contribution in [1.82, 2.24) is 4.72 Å². The van der Waals surface area contributed by atoms with Crippen LogP contribution in [0.2, 0.25) is 0 Å². The van der Waals surface area contributed by atoms with Gasteiger partial charge in [-0.05, 0) is 56.4 Å². The largest absolute Gasteiger partial charge is 0.496 e. The normalized spacial score (nSPS) is 19.0. The first-order valence-electron chi connectivity index (χ1n) is 7.13. The van der Waals surface area contributed by atoms with Crippen LogP contribution in [0.5, 0.6) is 5.75 Å². The van der Waals surface area contributed by atoms with Crippen LogP contribution >= 0.6 is 0 Å². The maximum absolute atomic E-state index is 12.5. The molecule has 1 saturated heterocycles. The van der Waals surface area contributed by atoms with Crippen LogP contribution in [0.4, 0.5) is 0 Å². The molecule has 1 N–H and O–H groups in total. The second kappa shape index (κ2) is 6.34. The van der Waals surface area contributed by atoms with Crippen molar-refractivity contribution in [1.29, 1.82) is 0 Å². The van der Waals surface area contributed by atoms with Gasteiger partial charge in [0.2, 0.25) is 10.0 Å². The first kappa shape index (κ1) is 16.3. The van der Waals surface area contributed by atoms with Crippen LogP contribution in [0.25, 0.3) is 0 Å². The topological polar surface area (TPSA) is 64.6 Å². The van der Waals surface area contributed by atoms with Crippen LogP contribution in [0.15, 0.2) is 11.0 Å². The molecule has 0 aromatic heterocycles. The number of rotatable bonds is 5. The quantitative estimate of drug-likeness (QED) is 0.904. The van der Waals surface area contributed by atoms with E-state index in [0.717, 1.165) is 35.3 Å². The Morgan fingerprint density at radius 2 is 2.05 bits per heavy atom. The third-order valence-corrected chi connectivity index (χ3v) is 5.55. The van der Waals surface area contributed by atoms with Gasteiger partial charge in [-0.25, -0.2) is 13.1 Å². The van der Waals surface area contributed by atoms with E-state index in [-0.39, 0.29) is 6.10 Å². The fourth-order valence-electron chi connectivity index (χ4n) is 2.70. The van der Waals surface area contributed by atoms with Gasteiger partial charge in [-0.2, -0.15) is 0 Å². The third kappa shape index (κ3) is 3.39. The maximum Gasteiger partial charge on any atom is 0.240 e. The molecule has 1 aromatic carbocycles. The summed E-state index contributed by atoms with van der Waals surface area (Å²) in [5.41, 5.74) is 2.39. The van der Waals surface area contributed by atoms with Crippen molar-refractivity contribution in [2.24, 2.45) is 0 Å². The fourth-order valence-corrected chi connectivity index (χ4v) is 4.15. The molecule has 1 aromatic rings. The number of aryl methyl sites for hydroxylation is 1. The summed E-state index contributed by atoms with van der Waals surface area (Å²) >= 11 is 0. The Bertz CT molecular complexity index is 619. The average molecular weight is 313 g/mol. The van der Waals surface area contributed by atoms with Crippen molar-refractivity contribution < 1.29 is 17.9 Å². The van der Waals surface area contributed by atoms with Crippen LogP contribution in [-0.2, 0) is 14.8 Å². The molecule has 5 nitrogen and oxygen atoms in total. The van der Waals surface area contributed by atoms with Crippen molar-refractivity contribution in [3.63, 3.8) is 0 Å². The smallest absolute Gasteiger partial charge is 0.240 e. The lowest BCUT2D eigenvalue weighted by molar-refractivity contribution is 0.114. The Balaban J connectivity index is 2.27. The number of benzene rings is 1. The van der Waals surface area contributed by atoms with E-state index in [1.807, 2.05) is 13.8 Å². The highest BCUT2D eigenvalue weighted by Crippen LogP contribution is 2.30. The molecule has 0 aliphatic carbocycles. The van der Waals surface area contributed by atoms with Crippen LogP contribution in [0.3, 0.4) is 0 Å². The number of nitrogens with one attached hydrogen (secondary N) is 1. The second-order valence-electron chi connectivity index (χ2n) is 5.46. The average Bonchev–Trinajstić information content (AvgIpc) is 2.94. The first-order valence-corrected chi connectivity index (χ1v) is 8.61. The number of sulfonamides is 1. The van der Waals surface area contributed by atoms with Crippen molar-refractivity contribution in [3.05, 3.63) is 22.8 Å². The molecular formula is C15H23NO4S. The van der Waals surface area contributed by atoms with E-state index in [1.165, 1.54) is 0 Å². The Hall–Kier alpha value is -1.11. The summed E-state index contributed by atoms with van der Waals surface area (Å²) in [6, 6.07) is 1.67. The molecule has 2 rings (SSSR count). The summed E-state index contributed by atoms with van der Waals surface area (Å²) in [6.07, 6.45) is 1.88. The summed E-state index contributed by atoms with van der Waals surface area (Å²) < 4.78 is 38.5. The summed E-state index contributed by atoms with van der Waals surface area (Å²) in [7, 11) is -1.94. The highest BCUT2D eigenvalue weighted by molar-refractivity contribution is 7.89. The molecule has 118 valence electrons. The molecule has 0 unspecified atom stereocenters. The third-order valence-electron chi connectivity index (χ3n) is 4.00. The Kier molecular flexibility index (Phi) is 4.91. The van der Waals surface area contributed by atoms with E-state index in [9.17, 15) is 8.42 Å². The van der Waals surface area contributed by atoms with E-state index in [1.54, 1.807) is 20.1 Å². The van der Waals surface area contributed by atoms with Crippen molar-refractivity contribution in [2.75, 3.05) is 20.3 Å². The minimum Gasteiger partial charge on any atom is -0.496 e. The Morgan fingerprint density at radius 1 is 1.33 bits per heavy atom. The predicted molar refractivity (Wildman–Crippen MR) is 81.4 cm³/mol. The second-order valence-corrected chi connectivity index (χ2v) is 7.20. The van der Waals surface area contributed by atoms with Gasteiger partial charge in [0, 0.05) is 13.2 Å². The maximum atomic E-state index is 12.5. The van der Waals surface area contributed by atoms with Crippen LogP contribution in [0.1, 0.15) is 29.5 Å². The SMILES string of the molecule is COc1c(C)cc(S(=O)(=O)NC[C@@H]2CCCO2)c(C)c1C. The summed E-state index contributed by atoms with van der Waals surface area (Å²) in [6.45, 7) is 6.57. The van der Waals surface area contributed by atoms with Crippen LogP contribution in [-0.4, -0.2) is 34.8 Å². The van der Waals surface area contributed by atoms with Gasteiger partial charge in [0.25, 0.3) is 0 Å². The zero-order chi connectivity index (χ0) is 15.6.